The second-order valence-electron chi connectivity index (χ2n) is 1.32. The predicted molar refractivity (Wildman–Crippen MR) is 25.7 cm³/mol. The summed E-state index contributed by atoms with van der Waals surface area (Å²) in [7, 11) is 0. The molecule has 2 N–H and O–H groups in total. The molecule has 0 saturated heterocycles. The summed E-state index contributed by atoms with van der Waals surface area (Å²) in [6, 6.07) is 0. The molecule has 0 amide bonds. The van der Waals surface area contributed by atoms with E-state index in [0.29, 0.717) is 0 Å². The Hall–Kier alpha value is -1.21. The summed E-state index contributed by atoms with van der Waals surface area (Å²) in [6.45, 7) is 0. The van der Waals surface area contributed by atoms with Gasteiger partial charge in [0.2, 0.25) is 6.35 Å². The van der Waals surface area contributed by atoms with Crippen molar-refractivity contribution in [2.45, 2.75) is 6.35 Å². The highest BCUT2D eigenvalue weighted by atomic mass is 16.5. The molecule has 1 rings (SSSR count). The molecule has 4 heteroatoms. The van der Waals surface area contributed by atoms with Gasteiger partial charge in [-0.25, -0.2) is 4.90 Å². The molecule has 0 aromatic rings. The molecule has 4 nitrogen and oxygen atoms in total. The van der Waals surface area contributed by atoms with Crippen molar-refractivity contribution < 1.29 is 4.74 Å². The van der Waals surface area contributed by atoms with Crippen molar-refractivity contribution in [3.63, 3.8) is 0 Å². The second kappa shape index (κ2) is 1.72. The van der Waals surface area contributed by atoms with Gasteiger partial charge in [0.05, 0.1) is 6.20 Å². The van der Waals surface area contributed by atoms with Crippen LogP contribution in [0.3, 0.4) is 0 Å². The first kappa shape index (κ1) is 4.94. The highest BCUT2D eigenvalue weighted by Crippen LogP contribution is 2.02. The summed E-state index contributed by atoms with van der Waals surface area (Å²) in [4.78, 5) is 1.21. The van der Waals surface area contributed by atoms with Crippen molar-refractivity contribution in [2.75, 3.05) is 0 Å². The lowest BCUT2D eigenvalue weighted by Gasteiger charge is -2.08. The minimum atomic E-state index is -0.611. The van der Waals surface area contributed by atoms with Gasteiger partial charge < -0.3 is 4.74 Å². The monoisotopic (exact) mass is 111 g/mol. The van der Waals surface area contributed by atoms with E-state index in [0.717, 1.165) is 0 Å². The van der Waals surface area contributed by atoms with E-state index in [1.165, 1.54) is 17.4 Å². The standard InChI is InChI=1S/C4H5N3O/c5-3-7-1-2-8-4(7)6/h1-2,4H,6H2. The van der Waals surface area contributed by atoms with Crippen LogP contribution in [0.5, 0.6) is 0 Å². The van der Waals surface area contributed by atoms with Gasteiger partial charge in [0.25, 0.3) is 0 Å². The van der Waals surface area contributed by atoms with Gasteiger partial charge >= 0.3 is 0 Å². The third kappa shape index (κ3) is 0.591. The van der Waals surface area contributed by atoms with Crippen LogP contribution in [0.25, 0.3) is 0 Å². The summed E-state index contributed by atoms with van der Waals surface area (Å²) >= 11 is 0. The Morgan fingerprint density at radius 3 is 2.88 bits per heavy atom. The van der Waals surface area contributed by atoms with E-state index >= 15 is 0 Å². The van der Waals surface area contributed by atoms with Gasteiger partial charge in [-0.2, -0.15) is 5.26 Å². The van der Waals surface area contributed by atoms with E-state index in [9.17, 15) is 0 Å². The first-order valence-corrected chi connectivity index (χ1v) is 2.10. The summed E-state index contributed by atoms with van der Waals surface area (Å²) < 4.78 is 4.66. The quantitative estimate of drug-likeness (QED) is 0.428. The van der Waals surface area contributed by atoms with Crippen molar-refractivity contribution in [2.24, 2.45) is 5.73 Å². The van der Waals surface area contributed by atoms with Crippen LogP contribution in [0.1, 0.15) is 0 Å². The van der Waals surface area contributed by atoms with Crippen LogP contribution in [0.2, 0.25) is 0 Å². The Labute approximate surface area is 46.7 Å². The van der Waals surface area contributed by atoms with Gasteiger partial charge in [-0.05, 0) is 0 Å². The van der Waals surface area contributed by atoms with Gasteiger partial charge in [0.15, 0.2) is 6.19 Å². The number of rotatable bonds is 0. The molecule has 0 spiro atoms. The molecule has 0 bridgehead atoms. The average molecular weight is 111 g/mol. The second-order valence-corrected chi connectivity index (χ2v) is 1.32. The smallest absolute Gasteiger partial charge is 0.238 e. The van der Waals surface area contributed by atoms with Gasteiger partial charge in [-0.15, -0.1) is 0 Å². The number of nitrogens with zero attached hydrogens (tertiary/aromatic N) is 2. The minimum Gasteiger partial charge on any atom is -0.462 e. The van der Waals surface area contributed by atoms with E-state index in [4.69, 9.17) is 11.0 Å². The highest BCUT2D eigenvalue weighted by Gasteiger charge is 2.13. The number of hydrogen-bond donors (Lipinski definition) is 1. The summed E-state index contributed by atoms with van der Waals surface area (Å²) in [5, 5.41) is 8.20. The van der Waals surface area contributed by atoms with Crippen LogP contribution < -0.4 is 5.73 Å². The molecule has 1 atom stereocenters. The molecule has 8 heavy (non-hydrogen) atoms. The lowest BCUT2D eigenvalue weighted by Crippen LogP contribution is -2.32. The molecule has 0 fully saturated rings. The van der Waals surface area contributed by atoms with Crippen LogP contribution >= 0.6 is 0 Å². The number of nitriles is 1. The van der Waals surface area contributed by atoms with Crippen molar-refractivity contribution in [3.05, 3.63) is 12.5 Å². The van der Waals surface area contributed by atoms with E-state index in [1.54, 1.807) is 0 Å². The molecule has 0 aromatic carbocycles. The van der Waals surface area contributed by atoms with Gasteiger partial charge in [0, 0.05) is 0 Å². The molecule has 0 radical (unpaired) electrons. The first-order chi connectivity index (χ1) is 3.84. The molecular weight excluding hydrogens is 106 g/mol. The zero-order chi connectivity index (χ0) is 5.98. The van der Waals surface area contributed by atoms with Gasteiger partial charge in [0.1, 0.15) is 6.26 Å². The first-order valence-electron chi connectivity index (χ1n) is 2.10. The topological polar surface area (TPSA) is 62.3 Å². The maximum Gasteiger partial charge on any atom is 0.238 e. The lowest BCUT2D eigenvalue weighted by molar-refractivity contribution is 0.0958. The molecule has 1 unspecified atom stereocenters. The molecular formula is C4H5N3O. The molecule has 0 aliphatic carbocycles. The summed E-state index contributed by atoms with van der Waals surface area (Å²) in [5.74, 6) is 0. The number of hydrogen-bond acceptors (Lipinski definition) is 4. The van der Waals surface area contributed by atoms with Crippen molar-refractivity contribution >= 4 is 0 Å². The molecule has 0 aromatic heterocycles. The van der Waals surface area contributed by atoms with E-state index in [2.05, 4.69) is 4.74 Å². The fraction of sp³-hybridized carbons (Fsp3) is 0.250. The highest BCUT2D eigenvalue weighted by molar-refractivity contribution is 4.91. The third-order valence-electron chi connectivity index (χ3n) is 0.829. The predicted octanol–water partition coefficient (Wildman–Crippen LogP) is -0.487. The van der Waals surface area contributed by atoms with Gasteiger partial charge in [-0.3, -0.25) is 5.73 Å². The number of nitrogens with two attached hydrogens (primary N) is 1. The normalized spacial score (nSPS) is 25.0. The zero-order valence-electron chi connectivity index (χ0n) is 4.11. The van der Waals surface area contributed by atoms with Crippen LogP contribution in [0.15, 0.2) is 12.5 Å². The van der Waals surface area contributed by atoms with Crippen molar-refractivity contribution in [3.8, 4) is 6.19 Å². The minimum absolute atomic E-state index is 0.611. The Kier molecular flexibility index (Phi) is 1.06. The van der Waals surface area contributed by atoms with E-state index in [-0.39, 0.29) is 0 Å². The Morgan fingerprint density at radius 2 is 2.62 bits per heavy atom. The summed E-state index contributed by atoms with van der Waals surface area (Å²) in [6.07, 6.45) is 4.06. The average Bonchev–Trinajstić information content (AvgIpc) is 2.14. The largest absolute Gasteiger partial charge is 0.462 e. The van der Waals surface area contributed by atoms with E-state index in [1.807, 2.05) is 6.19 Å². The van der Waals surface area contributed by atoms with Crippen LogP contribution in [-0.4, -0.2) is 11.3 Å². The SMILES string of the molecule is N#CN1C=COC1N. The van der Waals surface area contributed by atoms with Crippen molar-refractivity contribution in [1.82, 2.24) is 4.90 Å². The molecule has 0 saturated carbocycles. The maximum atomic E-state index is 8.20. The molecule has 1 aliphatic heterocycles. The fourth-order valence-electron chi connectivity index (χ4n) is 0.422. The Morgan fingerprint density at radius 1 is 1.88 bits per heavy atom. The van der Waals surface area contributed by atoms with E-state index < -0.39 is 6.35 Å². The summed E-state index contributed by atoms with van der Waals surface area (Å²) in [5.41, 5.74) is 5.21. The molecule has 42 valence electrons. The van der Waals surface area contributed by atoms with Crippen LogP contribution in [0.4, 0.5) is 0 Å². The van der Waals surface area contributed by atoms with Crippen molar-refractivity contribution in [1.29, 1.82) is 5.26 Å². The fourth-order valence-corrected chi connectivity index (χ4v) is 0.422. The molecule has 1 heterocycles. The zero-order valence-corrected chi connectivity index (χ0v) is 4.11. The third-order valence-corrected chi connectivity index (χ3v) is 0.829. The Bertz CT molecular complexity index is 148. The molecule has 1 aliphatic rings. The Balaban J connectivity index is 2.57. The maximum absolute atomic E-state index is 8.20. The van der Waals surface area contributed by atoms with Crippen LogP contribution in [0, 0.1) is 11.5 Å². The lowest BCUT2D eigenvalue weighted by atomic mass is 10.8. The number of ether oxygens (including phenoxy) is 1. The van der Waals surface area contributed by atoms with Gasteiger partial charge in [-0.1, -0.05) is 0 Å². The van der Waals surface area contributed by atoms with Crippen LogP contribution in [-0.2, 0) is 4.74 Å².